The Morgan fingerprint density at radius 3 is 2.34 bits per heavy atom. The molecule has 2 aromatic heterocycles. The van der Waals surface area contributed by atoms with E-state index >= 15 is 0 Å². The molecule has 0 atom stereocenters. The fourth-order valence-electron chi connectivity index (χ4n) is 3.36. The number of carbonyl (C=O) groups excluding carboxylic acids is 1. The number of nitrogens with zero attached hydrogens (tertiary/aromatic N) is 5. The van der Waals surface area contributed by atoms with Gasteiger partial charge in [-0.15, -0.1) is 10.2 Å². The minimum absolute atomic E-state index is 0.0120. The van der Waals surface area contributed by atoms with Crippen LogP contribution in [0.15, 0.2) is 64.5 Å². The zero-order valence-electron chi connectivity index (χ0n) is 19.7. The number of rotatable bonds is 8. The van der Waals surface area contributed by atoms with Gasteiger partial charge in [-0.1, -0.05) is 53.4 Å². The molecule has 4 rings (SSSR count). The lowest BCUT2D eigenvalue weighted by Crippen LogP contribution is -2.15. The van der Waals surface area contributed by atoms with Gasteiger partial charge < -0.3 is 11.1 Å². The lowest BCUT2D eigenvalue weighted by molar-refractivity contribution is -0.113. The van der Waals surface area contributed by atoms with E-state index in [1.807, 2.05) is 12.1 Å². The molecular weight excluding hydrogens is 545 g/mol. The van der Waals surface area contributed by atoms with Gasteiger partial charge in [-0.05, 0) is 36.8 Å². The van der Waals surface area contributed by atoms with Crippen molar-refractivity contribution in [2.45, 2.75) is 16.8 Å². The molecule has 0 aliphatic carbocycles. The topological polar surface area (TPSA) is 188 Å². The molecule has 38 heavy (non-hydrogen) atoms. The van der Waals surface area contributed by atoms with Crippen molar-refractivity contribution in [2.75, 3.05) is 21.5 Å². The van der Waals surface area contributed by atoms with E-state index in [0.717, 1.165) is 23.1 Å². The average Bonchev–Trinajstić information content (AvgIpc) is 3.31. The van der Waals surface area contributed by atoms with Crippen LogP contribution in [-0.2, 0) is 14.8 Å². The summed E-state index contributed by atoms with van der Waals surface area (Å²) in [6.45, 7) is 1.71. The van der Waals surface area contributed by atoms with E-state index < -0.39 is 15.9 Å². The van der Waals surface area contributed by atoms with Crippen LogP contribution in [-0.4, -0.2) is 35.3 Å². The van der Waals surface area contributed by atoms with Crippen LogP contribution in [0.25, 0.3) is 11.1 Å². The van der Waals surface area contributed by atoms with Gasteiger partial charge in [0.05, 0.1) is 16.2 Å². The van der Waals surface area contributed by atoms with E-state index in [4.69, 9.17) is 5.73 Å². The Morgan fingerprint density at radius 2 is 1.74 bits per heavy atom. The number of aromatic nitrogens is 3. The fraction of sp³-hybridized carbons (Fsp3) is 0.0833. The van der Waals surface area contributed by atoms with E-state index in [-0.39, 0.29) is 37.8 Å². The predicted molar refractivity (Wildman–Crippen MR) is 145 cm³/mol. The lowest BCUT2D eigenvalue weighted by Gasteiger charge is -2.13. The molecule has 0 aliphatic heterocycles. The highest BCUT2D eigenvalue weighted by molar-refractivity contribution is 8.00. The third kappa shape index (κ3) is 5.90. The Kier molecular flexibility index (Phi) is 7.87. The lowest BCUT2D eigenvalue weighted by atomic mass is 9.97. The molecule has 0 fully saturated rings. The number of pyridine rings is 1. The largest absolute Gasteiger partial charge is 0.383 e. The Balaban J connectivity index is 1.47. The maximum atomic E-state index is 12.6. The highest BCUT2D eigenvalue weighted by atomic mass is 32.2. The molecule has 4 N–H and O–H groups in total. The number of amides is 1. The second-order valence-electron chi connectivity index (χ2n) is 7.61. The van der Waals surface area contributed by atoms with Gasteiger partial charge in [0.1, 0.15) is 33.6 Å². The standard InChI is InChI=1S/C24H18N8O3S3/c1-14-30-31-24(37-14)32-38(34,35)17-9-7-16(8-10-17)28-20(33)13-36-23-19(12-26)21(15-5-3-2-4-6-15)18(11-25)22(27)29-23/h2-10H,13H2,1H3,(H2,27,29)(H,28,33)(H,31,32). The molecule has 1 amide bonds. The van der Waals surface area contributed by atoms with Crippen LogP contribution in [0, 0.1) is 29.6 Å². The van der Waals surface area contributed by atoms with Crippen LogP contribution in [0.1, 0.15) is 16.1 Å². The number of nitrogens with two attached hydrogens (primary N) is 1. The molecule has 4 aromatic rings. The molecule has 0 radical (unpaired) electrons. The van der Waals surface area contributed by atoms with Gasteiger partial charge in [0.25, 0.3) is 10.0 Å². The van der Waals surface area contributed by atoms with Gasteiger partial charge in [-0.3, -0.25) is 9.52 Å². The van der Waals surface area contributed by atoms with Gasteiger partial charge in [-0.25, -0.2) is 13.4 Å². The number of benzene rings is 2. The summed E-state index contributed by atoms with van der Waals surface area (Å²) in [5, 5.41) is 30.6. The zero-order chi connectivity index (χ0) is 27.3. The Bertz CT molecular complexity index is 1690. The van der Waals surface area contributed by atoms with Gasteiger partial charge in [0.2, 0.25) is 11.0 Å². The van der Waals surface area contributed by atoms with Crippen LogP contribution in [0.4, 0.5) is 16.6 Å². The summed E-state index contributed by atoms with van der Waals surface area (Å²) < 4.78 is 27.4. The number of nitrogen functional groups attached to an aromatic ring is 1. The van der Waals surface area contributed by atoms with Gasteiger partial charge in [0, 0.05) is 11.3 Å². The minimum Gasteiger partial charge on any atom is -0.383 e. The predicted octanol–water partition coefficient (Wildman–Crippen LogP) is 3.77. The first-order valence-electron chi connectivity index (χ1n) is 10.8. The van der Waals surface area contributed by atoms with Crippen molar-refractivity contribution < 1.29 is 13.2 Å². The monoisotopic (exact) mass is 562 g/mol. The maximum Gasteiger partial charge on any atom is 0.263 e. The molecule has 0 unspecified atom stereocenters. The van der Waals surface area contributed by atoms with Crippen molar-refractivity contribution in [2.24, 2.45) is 0 Å². The SMILES string of the molecule is Cc1nnc(NS(=O)(=O)c2ccc(NC(=O)CSc3nc(N)c(C#N)c(-c4ccccc4)c3C#N)cc2)s1. The average molecular weight is 563 g/mol. The third-order valence-corrected chi connectivity index (χ3v) is 8.23. The van der Waals surface area contributed by atoms with Crippen molar-refractivity contribution in [3.05, 3.63) is 70.7 Å². The number of nitriles is 2. The van der Waals surface area contributed by atoms with Crippen LogP contribution in [0.2, 0.25) is 0 Å². The van der Waals surface area contributed by atoms with Crippen molar-refractivity contribution in [1.82, 2.24) is 15.2 Å². The molecule has 0 saturated heterocycles. The molecule has 0 bridgehead atoms. The number of nitrogens with one attached hydrogen (secondary N) is 2. The molecule has 11 nitrogen and oxygen atoms in total. The van der Waals surface area contributed by atoms with Gasteiger partial charge >= 0.3 is 0 Å². The smallest absolute Gasteiger partial charge is 0.263 e. The molecular formula is C24H18N8O3S3. The van der Waals surface area contributed by atoms with Gasteiger partial charge in [-0.2, -0.15) is 10.5 Å². The molecule has 190 valence electrons. The number of anilines is 3. The summed E-state index contributed by atoms with van der Waals surface area (Å²) in [5.41, 5.74) is 7.61. The highest BCUT2D eigenvalue weighted by Gasteiger charge is 2.21. The van der Waals surface area contributed by atoms with Gasteiger partial charge in [0.15, 0.2) is 0 Å². The Morgan fingerprint density at radius 1 is 1.05 bits per heavy atom. The van der Waals surface area contributed by atoms with Crippen LogP contribution >= 0.6 is 23.1 Å². The molecule has 0 saturated carbocycles. The van der Waals surface area contributed by atoms with Crippen molar-refractivity contribution in [1.29, 1.82) is 10.5 Å². The summed E-state index contributed by atoms with van der Waals surface area (Å²) in [4.78, 5) is 16.8. The van der Waals surface area contributed by atoms with E-state index in [1.54, 1.807) is 31.2 Å². The molecule has 0 aliphatic rings. The quantitative estimate of drug-likeness (QED) is 0.267. The first-order chi connectivity index (χ1) is 18.2. The summed E-state index contributed by atoms with van der Waals surface area (Å²) in [6.07, 6.45) is 0. The summed E-state index contributed by atoms with van der Waals surface area (Å²) in [7, 11) is -3.87. The zero-order valence-corrected chi connectivity index (χ0v) is 22.1. The Labute approximate surface area is 226 Å². The van der Waals surface area contributed by atoms with Crippen LogP contribution < -0.4 is 15.8 Å². The number of carbonyl (C=O) groups is 1. The molecule has 0 spiro atoms. The normalized spacial score (nSPS) is 10.8. The summed E-state index contributed by atoms with van der Waals surface area (Å²) in [6, 6.07) is 18.6. The molecule has 2 aromatic carbocycles. The fourth-order valence-corrected chi connectivity index (χ4v) is 5.97. The van der Waals surface area contributed by atoms with E-state index in [2.05, 4.69) is 31.3 Å². The third-order valence-electron chi connectivity index (χ3n) is 5.01. The van der Waals surface area contributed by atoms with Crippen molar-refractivity contribution in [3.8, 4) is 23.3 Å². The second-order valence-corrected chi connectivity index (χ2v) is 11.4. The summed E-state index contributed by atoms with van der Waals surface area (Å²) >= 11 is 2.11. The minimum atomic E-state index is -3.87. The number of aryl methyl sites for hydroxylation is 1. The van der Waals surface area contributed by atoms with E-state index in [9.17, 15) is 23.7 Å². The first kappa shape index (κ1) is 26.6. The number of hydrogen-bond donors (Lipinski definition) is 3. The maximum absolute atomic E-state index is 12.6. The number of thioether (sulfide) groups is 1. The van der Waals surface area contributed by atoms with E-state index in [0.29, 0.717) is 21.8 Å². The first-order valence-corrected chi connectivity index (χ1v) is 14.0. The second kappa shape index (κ2) is 11.3. The number of sulfonamides is 1. The van der Waals surface area contributed by atoms with Crippen LogP contribution in [0.5, 0.6) is 0 Å². The summed E-state index contributed by atoms with van der Waals surface area (Å²) in [5.74, 6) is -0.565. The Hall–Kier alpha value is -4.50. The number of hydrogen-bond acceptors (Lipinski definition) is 11. The van der Waals surface area contributed by atoms with E-state index in [1.165, 1.54) is 24.3 Å². The van der Waals surface area contributed by atoms with Crippen molar-refractivity contribution in [3.63, 3.8) is 0 Å². The highest BCUT2D eigenvalue weighted by Crippen LogP contribution is 2.35. The van der Waals surface area contributed by atoms with Crippen LogP contribution in [0.3, 0.4) is 0 Å². The molecule has 14 heteroatoms. The van der Waals surface area contributed by atoms with Crippen molar-refractivity contribution >= 4 is 55.7 Å². The molecule has 2 heterocycles.